The van der Waals surface area contributed by atoms with Crippen molar-refractivity contribution in [2.24, 2.45) is 5.41 Å². The second kappa shape index (κ2) is 5.11. The highest BCUT2D eigenvalue weighted by atomic mass is 32.2. The van der Waals surface area contributed by atoms with Gasteiger partial charge in [0.25, 0.3) is 0 Å². The van der Waals surface area contributed by atoms with Crippen molar-refractivity contribution in [3.8, 4) is 6.07 Å². The maximum Gasteiger partial charge on any atom is 0.338 e. The molecule has 0 bridgehead atoms. The second-order valence-corrected chi connectivity index (χ2v) is 7.49. The molecule has 0 heterocycles. The molecule has 7 heteroatoms. The molecule has 0 unspecified atom stereocenters. The predicted octanol–water partition coefficient (Wildman–Crippen LogP) is 2.30. The van der Waals surface area contributed by atoms with Gasteiger partial charge in [0, 0.05) is 6.42 Å². The van der Waals surface area contributed by atoms with Crippen LogP contribution in [0.1, 0.15) is 35.2 Å². The van der Waals surface area contributed by atoms with E-state index < -0.39 is 32.6 Å². The predicted molar refractivity (Wildman–Crippen MR) is 72.0 cm³/mol. The van der Waals surface area contributed by atoms with Crippen LogP contribution < -0.4 is 0 Å². The number of hydrogen-bond donors (Lipinski definition) is 1. The molecule has 0 aliphatic heterocycles. The average molecular weight is 311 g/mol. The molecular weight excluding hydrogens is 297 g/mol. The minimum atomic E-state index is -3.75. The maximum absolute atomic E-state index is 13.7. The highest BCUT2D eigenvalue weighted by molar-refractivity contribution is 7.91. The van der Waals surface area contributed by atoms with Gasteiger partial charge >= 0.3 is 5.97 Å². The molecule has 0 radical (unpaired) electrons. The maximum atomic E-state index is 13.7. The van der Waals surface area contributed by atoms with Crippen LogP contribution in [0.3, 0.4) is 0 Å². The van der Waals surface area contributed by atoms with Crippen LogP contribution in [0, 0.1) is 29.5 Å². The molecule has 0 spiro atoms. The lowest BCUT2D eigenvalue weighted by molar-refractivity contribution is 0.0691. The smallest absolute Gasteiger partial charge is 0.338 e. The van der Waals surface area contributed by atoms with Gasteiger partial charge in [-0.25, -0.2) is 17.6 Å². The molecule has 0 aromatic heterocycles. The summed E-state index contributed by atoms with van der Waals surface area (Å²) in [7, 11) is -3.75. The van der Waals surface area contributed by atoms with E-state index in [9.17, 15) is 17.6 Å². The van der Waals surface area contributed by atoms with Gasteiger partial charge in [-0.2, -0.15) is 5.26 Å². The van der Waals surface area contributed by atoms with Gasteiger partial charge in [0.05, 0.1) is 22.3 Å². The zero-order valence-corrected chi connectivity index (χ0v) is 12.2. The number of rotatable bonds is 5. The summed E-state index contributed by atoms with van der Waals surface area (Å²) < 4.78 is 38.4. The first-order valence-electron chi connectivity index (χ1n) is 6.34. The fourth-order valence-corrected chi connectivity index (χ4v) is 4.29. The lowest BCUT2D eigenvalue weighted by Crippen LogP contribution is -2.18. The number of nitrogens with zero attached hydrogens (tertiary/aromatic N) is 1. The Morgan fingerprint density at radius 2 is 2.10 bits per heavy atom. The van der Waals surface area contributed by atoms with Gasteiger partial charge in [-0.3, -0.25) is 0 Å². The molecular formula is C14H14FNO4S. The lowest BCUT2D eigenvalue weighted by atomic mass is 10.1. The monoisotopic (exact) mass is 311 g/mol. The van der Waals surface area contributed by atoms with E-state index in [0.29, 0.717) is 12.8 Å². The molecule has 2 rings (SSSR count). The van der Waals surface area contributed by atoms with E-state index in [1.807, 2.05) is 6.07 Å². The Morgan fingerprint density at radius 3 is 2.57 bits per heavy atom. The highest BCUT2D eigenvalue weighted by Crippen LogP contribution is 2.50. The highest BCUT2D eigenvalue weighted by Gasteiger charge is 2.46. The molecule has 1 aromatic carbocycles. The summed E-state index contributed by atoms with van der Waals surface area (Å²) in [6, 6.07) is 3.96. The molecule has 21 heavy (non-hydrogen) atoms. The Kier molecular flexibility index (Phi) is 3.76. The molecule has 0 amide bonds. The SMILES string of the molecule is Cc1cc(S(=O)(=O)CC2(CC#N)CC2)cc(C(=O)O)c1F. The Labute approximate surface area is 121 Å². The summed E-state index contributed by atoms with van der Waals surface area (Å²) in [5.74, 6) is -2.65. The first-order valence-corrected chi connectivity index (χ1v) is 7.99. The summed E-state index contributed by atoms with van der Waals surface area (Å²) in [6.07, 6.45) is 1.47. The van der Waals surface area contributed by atoms with Crippen molar-refractivity contribution in [2.75, 3.05) is 5.75 Å². The van der Waals surface area contributed by atoms with Gasteiger partial charge in [0.1, 0.15) is 5.82 Å². The number of sulfone groups is 1. The summed E-state index contributed by atoms with van der Waals surface area (Å²) in [5, 5.41) is 17.7. The van der Waals surface area contributed by atoms with Gasteiger partial charge in [0.15, 0.2) is 9.84 Å². The van der Waals surface area contributed by atoms with E-state index in [0.717, 1.165) is 12.1 Å². The molecule has 5 nitrogen and oxygen atoms in total. The number of carboxylic acid groups (broad SMARTS) is 1. The quantitative estimate of drug-likeness (QED) is 0.842. The molecule has 1 N–H and O–H groups in total. The van der Waals surface area contributed by atoms with E-state index >= 15 is 0 Å². The minimum Gasteiger partial charge on any atom is -0.478 e. The van der Waals surface area contributed by atoms with Crippen LogP contribution >= 0.6 is 0 Å². The topological polar surface area (TPSA) is 95.2 Å². The second-order valence-electron chi connectivity index (χ2n) is 5.50. The summed E-state index contributed by atoms with van der Waals surface area (Å²) in [6.45, 7) is 1.32. The van der Waals surface area contributed by atoms with Gasteiger partial charge in [-0.1, -0.05) is 0 Å². The molecule has 1 aromatic rings. The van der Waals surface area contributed by atoms with Crippen molar-refractivity contribution in [1.29, 1.82) is 5.26 Å². The van der Waals surface area contributed by atoms with E-state index in [1.165, 1.54) is 6.92 Å². The van der Waals surface area contributed by atoms with E-state index in [-0.39, 0.29) is 22.6 Å². The largest absolute Gasteiger partial charge is 0.478 e. The van der Waals surface area contributed by atoms with E-state index in [4.69, 9.17) is 10.4 Å². The Hall–Kier alpha value is -1.94. The number of carbonyl (C=O) groups is 1. The number of halogens is 1. The van der Waals surface area contributed by atoms with Crippen molar-refractivity contribution in [2.45, 2.75) is 31.1 Å². The van der Waals surface area contributed by atoms with Crippen LogP contribution in [0.25, 0.3) is 0 Å². The zero-order chi connectivity index (χ0) is 15.8. The summed E-state index contributed by atoms with van der Waals surface area (Å²) in [4.78, 5) is 10.8. The Morgan fingerprint density at radius 1 is 1.48 bits per heavy atom. The molecule has 1 aliphatic carbocycles. The van der Waals surface area contributed by atoms with Gasteiger partial charge < -0.3 is 5.11 Å². The molecule has 1 fully saturated rings. The standard InChI is InChI=1S/C14H14FNO4S/c1-9-6-10(7-11(12(9)15)13(17)18)21(19,20)8-14(2-3-14)4-5-16/h6-7H,2-4,8H2,1H3,(H,17,18). The van der Waals surface area contributed by atoms with Crippen molar-refractivity contribution >= 4 is 15.8 Å². The number of aromatic carboxylic acids is 1. The van der Waals surface area contributed by atoms with Crippen LogP contribution in [0.2, 0.25) is 0 Å². The first kappa shape index (κ1) is 15.4. The van der Waals surface area contributed by atoms with Crippen LogP contribution in [-0.2, 0) is 9.84 Å². The third-order valence-electron chi connectivity index (χ3n) is 3.72. The van der Waals surface area contributed by atoms with Crippen LogP contribution in [0.15, 0.2) is 17.0 Å². The molecule has 0 saturated heterocycles. The molecule has 0 atom stereocenters. The minimum absolute atomic E-state index is 0.0291. The number of carboxylic acids is 1. The number of aryl methyl sites for hydroxylation is 1. The average Bonchev–Trinajstić information content (AvgIpc) is 3.11. The zero-order valence-electron chi connectivity index (χ0n) is 11.4. The van der Waals surface area contributed by atoms with Gasteiger partial charge in [-0.05, 0) is 42.9 Å². The molecule has 1 saturated carbocycles. The normalized spacial score (nSPS) is 16.2. The van der Waals surface area contributed by atoms with Crippen molar-refractivity contribution in [3.05, 3.63) is 29.1 Å². The van der Waals surface area contributed by atoms with Gasteiger partial charge in [0.2, 0.25) is 0 Å². The van der Waals surface area contributed by atoms with Crippen molar-refractivity contribution < 1.29 is 22.7 Å². The molecule has 1 aliphatic rings. The third kappa shape index (κ3) is 3.05. The van der Waals surface area contributed by atoms with Crippen molar-refractivity contribution in [3.63, 3.8) is 0 Å². The summed E-state index contributed by atoms with van der Waals surface area (Å²) >= 11 is 0. The number of benzene rings is 1. The third-order valence-corrected chi connectivity index (χ3v) is 5.67. The first-order chi connectivity index (χ1) is 9.71. The fraction of sp³-hybridized carbons (Fsp3) is 0.429. The fourth-order valence-electron chi connectivity index (χ4n) is 2.27. The summed E-state index contributed by atoms with van der Waals surface area (Å²) in [5.41, 5.74) is -1.21. The van der Waals surface area contributed by atoms with E-state index in [2.05, 4.69) is 0 Å². The van der Waals surface area contributed by atoms with Crippen LogP contribution in [0.5, 0.6) is 0 Å². The Balaban J connectivity index is 2.42. The van der Waals surface area contributed by atoms with E-state index in [1.54, 1.807) is 0 Å². The number of nitriles is 1. The van der Waals surface area contributed by atoms with Crippen molar-refractivity contribution in [1.82, 2.24) is 0 Å². The number of hydrogen-bond acceptors (Lipinski definition) is 4. The van der Waals surface area contributed by atoms with Crippen LogP contribution in [0.4, 0.5) is 4.39 Å². The van der Waals surface area contributed by atoms with Gasteiger partial charge in [-0.15, -0.1) is 0 Å². The lowest BCUT2D eigenvalue weighted by Gasteiger charge is -2.13. The van der Waals surface area contributed by atoms with Crippen LogP contribution in [-0.4, -0.2) is 25.2 Å². The Bertz CT molecular complexity index is 745. The molecule has 112 valence electrons.